The van der Waals surface area contributed by atoms with Crippen molar-refractivity contribution in [2.75, 3.05) is 13.1 Å². The summed E-state index contributed by atoms with van der Waals surface area (Å²) in [5.74, 6) is 0.301. The van der Waals surface area contributed by atoms with Crippen LogP contribution in [0.4, 0.5) is 0 Å². The lowest BCUT2D eigenvalue weighted by molar-refractivity contribution is -0.124. The van der Waals surface area contributed by atoms with Crippen molar-refractivity contribution in [3.05, 3.63) is 60.4 Å². The van der Waals surface area contributed by atoms with Gasteiger partial charge in [0, 0.05) is 25.2 Å². The number of sulfonamides is 1. The third kappa shape index (κ3) is 3.59. The Balaban J connectivity index is 1.23. The molecule has 1 atom stereocenters. The predicted molar refractivity (Wildman–Crippen MR) is 117 cm³/mol. The summed E-state index contributed by atoms with van der Waals surface area (Å²) in [5, 5.41) is 3.01. The van der Waals surface area contributed by atoms with E-state index in [9.17, 15) is 13.2 Å². The molecule has 8 nitrogen and oxygen atoms in total. The highest BCUT2D eigenvalue weighted by atomic mass is 32.2. The molecule has 2 aliphatic rings. The minimum atomic E-state index is -3.70. The number of nitrogens with zero attached hydrogens (tertiary/aromatic N) is 4. The highest BCUT2D eigenvalue weighted by Crippen LogP contribution is 2.31. The molecule has 3 heterocycles. The summed E-state index contributed by atoms with van der Waals surface area (Å²) >= 11 is 0. The number of para-hydroxylation sites is 2. The van der Waals surface area contributed by atoms with Crippen LogP contribution in [0.5, 0.6) is 0 Å². The monoisotopic (exact) mass is 437 g/mol. The Kier molecular flexibility index (Phi) is 4.97. The maximum absolute atomic E-state index is 12.9. The second kappa shape index (κ2) is 7.81. The van der Waals surface area contributed by atoms with Gasteiger partial charge in [0.15, 0.2) is 5.84 Å². The van der Waals surface area contributed by atoms with Gasteiger partial charge in [0.05, 0.1) is 17.4 Å². The van der Waals surface area contributed by atoms with Crippen molar-refractivity contribution >= 4 is 32.8 Å². The Bertz CT molecular complexity index is 1280. The zero-order chi connectivity index (χ0) is 21.4. The first kappa shape index (κ1) is 19.7. The number of hydrogen-bond donors (Lipinski definition) is 1. The fourth-order valence-electron chi connectivity index (χ4n) is 4.36. The SMILES string of the molecule is O=C(NCCCn1cnc2ccccc21)[C@@H]1CCCN1C1=NS(=O)(=O)c2ccccc21. The largest absolute Gasteiger partial charge is 0.354 e. The summed E-state index contributed by atoms with van der Waals surface area (Å²) in [4.78, 5) is 19.3. The lowest BCUT2D eigenvalue weighted by Gasteiger charge is -2.25. The lowest BCUT2D eigenvalue weighted by atomic mass is 10.1. The molecular weight excluding hydrogens is 414 g/mol. The molecule has 5 rings (SSSR count). The number of hydrogen-bond acceptors (Lipinski definition) is 5. The zero-order valence-electron chi connectivity index (χ0n) is 16.9. The zero-order valence-corrected chi connectivity index (χ0v) is 17.8. The molecule has 0 radical (unpaired) electrons. The highest BCUT2D eigenvalue weighted by Gasteiger charge is 2.39. The first-order chi connectivity index (χ1) is 15.0. The van der Waals surface area contributed by atoms with E-state index in [1.807, 2.05) is 35.5 Å². The van der Waals surface area contributed by atoms with Gasteiger partial charge in [0.25, 0.3) is 10.0 Å². The number of benzene rings is 2. The number of fused-ring (bicyclic) bond motifs is 2. The summed E-state index contributed by atoms with van der Waals surface area (Å²) in [6.07, 6.45) is 4.10. The summed E-state index contributed by atoms with van der Waals surface area (Å²) in [6.45, 7) is 1.91. The van der Waals surface area contributed by atoms with Gasteiger partial charge >= 0.3 is 0 Å². The molecule has 1 saturated heterocycles. The Morgan fingerprint density at radius 2 is 1.94 bits per heavy atom. The van der Waals surface area contributed by atoms with Crippen LogP contribution < -0.4 is 5.32 Å². The third-order valence-corrected chi connectivity index (χ3v) is 7.17. The fraction of sp³-hybridized carbons (Fsp3) is 0.318. The number of amidine groups is 1. The lowest BCUT2D eigenvalue weighted by Crippen LogP contribution is -2.46. The molecule has 9 heteroatoms. The van der Waals surface area contributed by atoms with E-state index >= 15 is 0 Å². The number of carbonyl (C=O) groups is 1. The van der Waals surface area contributed by atoms with Crippen molar-refractivity contribution in [2.24, 2.45) is 4.40 Å². The van der Waals surface area contributed by atoms with Gasteiger partial charge in [-0.3, -0.25) is 4.79 Å². The van der Waals surface area contributed by atoms with Gasteiger partial charge in [0.2, 0.25) is 5.91 Å². The number of nitrogens with one attached hydrogen (secondary N) is 1. The first-order valence-electron chi connectivity index (χ1n) is 10.4. The molecular formula is C22H23N5O3S. The van der Waals surface area contributed by atoms with Gasteiger partial charge in [-0.2, -0.15) is 8.42 Å². The van der Waals surface area contributed by atoms with Crippen molar-refractivity contribution in [1.29, 1.82) is 0 Å². The van der Waals surface area contributed by atoms with Crippen LogP contribution in [0.2, 0.25) is 0 Å². The van der Waals surface area contributed by atoms with Crippen LogP contribution in [0.1, 0.15) is 24.8 Å². The molecule has 1 N–H and O–H groups in total. The van der Waals surface area contributed by atoms with Crippen molar-refractivity contribution in [1.82, 2.24) is 19.8 Å². The molecule has 0 saturated carbocycles. The van der Waals surface area contributed by atoms with E-state index < -0.39 is 16.1 Å². The summed E-state index contributed by atoms with van der Waals surface area (Å²) in [5.41, 5.74) is 2.62. The molecule has 31 heavy (non-hydrogen) atoms. The Morgan fingerprint density at radius 1 is 1.13 bits per heavy atom. The van der Waals surface area contributed by atoms with Gasteiger partial charge < -0.3 is 14.8 Å². The minimum Gasteiger partial charge on any atom is -0.354 e. The average Bonchev–Trinajstić information content (AvgIpc) is 3.48. The molecule has 2 aromatic carbocycles. The number of carbonyl (C=O) groups excluding carboxylic acids is 1. The van der Waals surface area contributed by atoms with E-state index in [2.05, 4.69) is 19.3 Å². The van der Waals surface area contributed by atoms with Crippen LogP contribution in [0.15, 0.2) is 64.2 Å². The van der Waals surface area contributed by atoms with Crippen molar-refractivity contribution in [3.63, 3.8) is 0 Å². The topological polar surface area (TPSA) is 96.7 Å². The molecule has 1 amide bonds. The Labute approximate surface area is 180 Å². The van der Waals surface area contributed by atoms with Crippen LogP contribution in [-0.4, -0.2) is 53.7 Å². The van der Waals surface area contributed by atoms with Gasteiger partial charge in [-0.05, 0) is 43.5 Å². The quantitative estimate of drug-likeness (QED) is 0.617. The standard InChI is InChI=1S/C22H23N5O3S/c28-22(23-12-6-13-26-15-24-17-8-2-3-9-18(17)26)19-10-5-14-27(19)21-16-7-1-4-11-20(16)31(29,30)25-21/h1-4,7-9,11,15,19H,5-6,10,12-14H2,(H,23,28)/t19-/m0/s1. The van der Waals surface area contributed by atoms with Crippen molar-refractivity contribution in [2.45, 2.75) is 36.7 Å². The molecule has 1 aromatic heterocycles. The van der Waals surface area contributed by atoms with E-state index in [4.69, 9.17) is 0 Å². The molecule has 0 unspecified atom stereocenters. The summed E-state index contributed by atoms with van der Waals surface area (Å²) in [6, 6.07) is 14.3. The van der Waals surface area contributed by atoms with Gasteiger partial charge in [-0.15, -0.1) is 4.40 Å². The van der Waals surface area contributed by atoms with Gasteiger partial charge in [0.1, 0.15) is 10.9 Å². The number of amides is 1. The Morgan fingerprint density at radius 3 is 2.84 bits per heavy atom. The molecule has 0 aliphatic carbocycles. The molecule has 3 aromatic rings. The first-order valence-corrected chi connectivity index (χ1v) is 11.9. The molecule has 1 fully saturated rings. The van der Waals surface area contributed by atoms with Crippen LogP contribution in [0.25, 0.3) is 11.0 Å². The Hall–Kier alpha value is -3.20. The number of likely N-dealkylation sites (tertiary alicyclic amines) is 1. The number of imidazole rings is 1. The number of aryl methyl sites for hydroxylation is 1. The summed E-state index contributed by atoms with van der Waals surface area (Å²) in [7, 11) is -3.70. The maximum Gasteiger partial charge on any atom is 0.285 e. The average molecular weight is 438 g/mol. The fourth-order valence-corrected chi connectivity index (χ4v) is 5.57. The maximum atomic E-state index is 12.9. The van der Waals surface area contributed by atoms with E-state index in [1.165, 1.54) is 0 Å². The second-order valence-electron chi connectivity index (χ2n) is 7.81. The van der Waals surface area contributed by atoms with E-state index in [-0.39, 0.29) is 10.8 Å². The van der Waals surface area contributed by atoms with Crippen molar-refractivity contribution < 1.29 is 13.2 Å². The predicted octanol–water partition coefficient (Wildman–Crippen LogP) is 2.16. The van der Waals surface area contributed by atoms with Crippen molar-refractivity contribution in [3.8, 4) is 0 Å². The third-order valence-electron chi connectivity index (χ3n) is 5.84. The molecule has 0 bridgehead atoms. The second-order valence-corrected chi connectivity index (χ2v) is 9.38. The van der Waals surface area contributed by atoms with Crippen LogP contribution in [0, 0.1) is 0 Å². The van der Waals surface area contributed by atoms with Gasteiger partial charge in [-0.1, -0.05) is 24.3 Å². The smallest absolute Gasteiger partial charge is 0.285 e. The summed E-state index contributed by atoms with van der Waals surface area (Å²) < 4.78 is 30.9. The van der Waals surface area contributed by atoms with E-state index in [0.717, 1.165) is 30.4 Å². The minimum absolute atomic E-state index is 0.0857. The number of aromatic nitrogens is 2. The van der Waals surface area contributed by atoms with Crippen LogP contribution in [-0.2, 0) is 21.4 Å². The highest BCUT2D eigenvalue weighted by molar-refractivity contribution is 7.90. The molecule has 2 aliphatic heterocycles. The molecule has 0 spiro atoms. The van der Waals surface area contributed by atoms with Crippen LogP contribution in [0.3, 0.4) is 0 Å². The van der Waals surface area contributed by atoms with Crippen LogP contribution >= 0.6 is 0 Å². The van der Waals surface area contributed by atoms with Gasteiger partial charge in [-0.25, -0.2) is 4.98 Å². The normalized spacial score (nSPS) is 19.4. The number of rotatable bonds is 5. The molecule has 160 valence electrons. The van der Waals surface area contributed by atoms with E-state index in [1.54, 1.807) is 24.3 Å². The van der Waals surface area contributed by atoms with E-state index in [0.29, 0.717) is 30.9 Å².